The van der Waals surface area contributed by atoms with Gasteiger partial charge in [-0.3, -0.25) is 0 Å². The van der Waals surface area contributed by atoms with Crippen molar-refractivity contribution < 1.29 is 13.9 Å². The molecule has 1 aliphatic heterocycles. The highest BCUT2D eigenvalue weighted by atomic mass is 32.2. The molecule has 144 valence electrons. The number of benzene rings is 2. The lowest BCUT2D eigenvalue weighted by molar-refractivity contribution is 0.0528. The molecule has 1 aromatic heterocycles. The summed E-state index contributed by atoms with van der Waals surface area (Å²) in [5.41, 5.74) is 5.36. The standard InChI is InChI=1S/C23H22FNO2S/c1-3-27-23(26)21-20(15-8-12-18(28-2)13-9-15)19-5-4-14-25(19)22(21)16-6-10-17(24)11-7-16/h6-13H,3-5,14H2,1-2H3. The maximum atomic E-state index is 13.5. The molecule has 0 saturated heterocycles. The molecular weight excluding hydrogens is 373 g/mol. The van der Waals surface area contributed by atoms with Crippen molar-refractivity contribution in [3.63, 3.8) is 0 Å². The van der Waals surface area contributed by atoms with Crippen molar-refractivity contribution in [1.82, 2.24) is 4.57 Å². The van der Waals surface area contributed by atoms with E-state index >= 15 is 0 Å². The first-order valence-corrected chi connectivity index (χ1v) is 10.7. The van der Waals surface area contributed by atoms with Crippen LogP contribution in [0.5, 0.6) is 0 Å². The molecule has 0 fully saturated rings. The van der Waals surface area contributed by atoms with Gasteiger partial charge < -0.3 is 9.30 Å². The average molecular weight is 395 g/mol. The zero-order valence-corrected chi connectivity index (χ0v) is 16.8. The van der Waals surface area contributed by atoms with Crippen LogP contribution in [0.2, 0.25) is 0 Å². The Bertz CT molecular complexity index is 1010. The van der Waals surface area contributed by atoms with E-state index in [-0.39, 0.29) is 11.8 Å². The molecule has 2 aromatic carbocycles. The number of carbonyl (C=O) groups is 1. The van der Waals surface area contributed by atoms with Crippen molar-refractivity contribution in [3.05, 3.63) is 65.6 Å². The second kappa shape index (κ2) is 7.84. The third kappa shape index (κ3) is 3.24. The van der Waals surface area contributed by atoms with Crippen LogP contribution in [-0.2, 0) is 17.7 Å². The van der Waals surface area contributed by atoms with Crippen LogP contribution in [0.1, 0.15) is 29.4 Å². The molecule has 0 spiro atoms. The van der Waals surface area contributed by atoms with Crippen molar-refractivity contribution in [1.29, 1.82) is 0 Å². The number of thioether (sulfide) groups is 1. The summed E-state index contributed by atoms with van der Waals surface area (Å²) in [6.45, 7) is 2.97. The van der Waals surface area contributed by atoms with Crippen LogP contribution in [0.25, 0.3) is 22.4 Å². The third-order valence-corrected chi connectivity index (χ3v) is 5.89. The second-order valence-corrected chi connectivity index (χ2v) is 7.64. The van der Waals surface area contributed by atoms with E-state index in [2.05, 4.69) is 28.8 Å². The molecule has 5 heteroatoms. The molecular formula is C23H22FNO2S. The molecule has 0 N–H and O–H groups in total. The van der Waals surface area contributed by atoms with Crippen LogP contribution >= 0.6 is 11.8 Å². The monoisotopic (exact) mass is 395 g/mol. The first-order valence-electron chi connectivity index (χ1n) is 9.47. The number of ether oxygens (including phenoxy) is 1. The molecule has 2 heterocycles. The number of carbonyl (C=O) groups excluding carboxylic acids is 1. The summed E-state index contributed by atoms with van der Waals surface area (Å²) in [6.07, 6.45) is 3.98. The van der Waals surface area contributed by atoms with Crippen molar-refractivity contribution in [2.75, 3.05) is 12.9 Å². The van der Waals surface area contributed by atoms with Crippen LogP contribution in [-0.4, -0.2) is 23.4 Å². The number of halogens is 1. The summed E-state index contributed by atoms with van der Waals surface area (Å²) >= 11 is 1.69. The molecule has 0 atom stereocenters. The largest absolute Gasteiger partial charge is 0.462 e. The quantitative estimate of drug-likeness (QED) is 0.404. The Balaban J connectivity index is 1.98. The van der Waals surface area contributed by atoms with E-state index in [1.54, 1.807) is 23.9 Å². The molecule has 4 rings (SSSR count). The maximum Gasteiger partial charge on any atom is 0.340 e. The predicted molar refractivity (Wildman–Crippen MR) is 111 cm³/mol. The lowest BCUT2D eigenvalue weighted by Crippen LogP contribution is -2.08. The van der Waals surface area contributed by atoms with Gasteiger partial charge in [-0.1, -0.05) is 12.1 Å². The summed E-state index contributed by atoms with van der Waals surface area (Å²) in [5, 5.41) is 0. The van der Waals surface area contributed by atoms with Gasteiger partial charge in [0.25, 0.3) is 0 Å². The lowest BCUT2D eigenvalue weighted by atomic mass is 9.96. The lowest BCUT2D eigenvalue weighted by Gasteiger charge is -2.11. The number of aromatic nitrogens is 1. The SMILES string of the molecule is CCOC(=O)c1c(-c2ccc(SC)cc2)c2n(c1-c1ccc(F)cc1)CCC2. The topological polar surface area (TPSA) is 31.2 Å². The number of nitrogens with zero attached hydrogens (tertiary/aromatic N) is 1. The summed E-state index contributed by atoms with van der Waals surface area (Å²) in [7, 11) is 0. The fraction of sp³-hybridized carbons (Fsp3) is 0.261. The van der Waals surface area contributed by atoms with Crippen molar-refractivity contribution in [2.45, 2.75) is 31.2 Å². The summed E-state index contributed by atoms with van der Waals surface area (Å²) in [6, 6.07) is 14.6. The predicted octanol–water partition coefficient (Wildman–Crippen LogP) is 5.81. The van der Waals surface area contributed by atoms with Crippen molar-refractivity contribution in [3.8, 4) is 22.4 Å². The minimum Gasteiger partial charge on any atom is -0.462 e. The highest BCUT2D eigenvalue weighted by Crippen LogP contribution is 2.42. The number of esters is 1. The Labute approximate surface area is 168 Å². The van der Waals surface area contributed by atoms with Gasteiger partial charge in [0.1, 0.15) is 5.82 Å². The van der Waals surface area contributed by atoms with E-state index in [1.165, 1.54) is 17.0 Å². The molecule has 1 aliphatic rings. The molecule has 0 saturated carbocycles. The molecule has 3 aromatic rings. The minimum atomic E-state index is -0.326. The molecule has 0 bridgehead atoms. The minimum absolute atomic E-state index is 0.289. The Morgan fingerprint density at radius 3 is 2.43 bits per heavy atom. The number of hydrogen-bond acceptors (Lipinski definition) is 3. The molecule has 28 heavy (non-hydrogen) atoms. The molecule has 0 aliphatic carbocycles. The molecule has 0 radical (unpaired) electrons. The fourth-order valence-corrected chi connectivity index (χ4v) is 4.37. The van der Waals surface area contributed by atoms with Crippen molar-refractivity contribution in [2.24, 2.45) is 0 Å². The zero-order valence-electron chi connectivity index (χ0n) is 16.0. The van der Waals surface area contributed by atoms with E-state index in [9.17, 15) is 9.18 Å². The van der Waals surface area contributed by atoms with Gasteiger partial charge in [-0.15, -0.1) is 11.8 Å². The van der Waals surface area contributed by atoms with Gasteiger partial charge in [0.2, 0.25) is 0 Å². The van der Waals surface area contributed by atoms with Crippen LogP contribution < -0.4 is 0 Å². The average Bonchev–Trinajstić information content (AvgIpc) is 3.29. The van der Waals surface area contributed by atoms with Crippen LogP contribution in [0.15, 0.2) is 53.4 Å². The van der Waals surface area contributed by atoms with E-state index in [1.807, 2.05) is 13.2 Å². The van der Waals surface area contributed by atoms with Crippen LogP contribution in [0.4, 0.5) is 4.39 Å². The Morgan fingerprint density at radius 2 is 1.79 bits per heavy atom. The van der Waals surface area contributed by atoms with Gasteiger partial charge in [0, 0.05) is 22.7 Å². The van der Waals surface area contributed by atoms with Gasteiger partial charge in [-0.2, -0.15) is 0 Å². The van der Waals surface area contributed by atoms with E-state index in [0.29, 0.717) is 12.2 Å². The Morgan fingerprint density at radius 1 is 1.11 bits per heavy atom. The zero-order chi connectivity index (χ0) is 19.7. The number of rotatable bonds is 5. The van der Waals surface area contributed by atoms with E-state index in [0.717, 1.165) is 47.5 Å². The maximum absolute atomic E-state index is 13.5. The Hall–Kier alpha value is -2.53. The van der Waals surface area contributed by atoms with Crippen LogP contribution in [0.3, 0.4) is 0 Å². The summed E-state index contributed by atoms with van der Waals surface area (Å²) in [5.74, 6) is -0.616. The van der Waals surface area contributed by atoms with Crippen LogP contribution in [0, 0.1) is 5.82 Å². The van der Waals surface area contributed by atoms with Gasteiger partial charge >= 0.3 is 5.97 Å². The van der Waals surface area contributed by atoms with Crippen molar-refractivity contribution >= 4 is 17.7 Å². The van der Waals surface area contributed by atoms with E-state index < -0.39 is 0 Å². The highest BCUT2D eigenvalue weighted by molar-refractivity contribution is 7.98. The van der Waals surface area contributed by atoms with Gasteiger partial charge in [0.15, 0.2) is 0 Å². The number of hydrogen-bond donors (Lipinski definition) is 0. The summed E-state index contributed by atoms with van der Waals surface area (Å²) < 4.78 is 21.1. The normalized spacial score (nSPS) is 12.8. The first-order chi connectivity index (χ1) is 13.6. The highest BCUT2D eigenvalue weighted by Gasteiger charge is 2.31. The van der Waals surface area contributed by atoms with Gasteiger partial charge in [0.05, 0.1) is 17.9 Å². The van der Waals surface area contributed by atoms with E-state index in [4.69, 9.17) is 4.74 Å². The third-order valence-electron chi connectivity index (χ3n) is 5.14. The summed E-state index contributed by atoms with van der Waals surface area (Å²) in [4.78, 5) is 14.2. The molecule has 0 unspecified atom stereocenters. The van der Waals surface area contributed by atoms with Gasteiger partial charge in [-0.25, -0.2) is 9.18 Å². The Kier molecular flexibility index (Phi) is 5.27. The smallest absolute Gasteiger partial charge is 0.340 e. The fourth-order valence-electron chi connectivity index (χ4n) is 3.96. The second-order valence-electron chi connectivity index (χ2n) is 6.76. The molecule has 0 amide bonds. The number of fused-ring (bicyclic) bond motifs is 1. The first kappa shape index (κ1) is 18.8. The molecule has 3 nitrogen and oxygen atoms in total. The van der Waals surface area contributed by atoms with Gasteiger partial charge in [-0.05, 0) is 73.5 Å².